The van der Waals surface area contributed by atoms with E-state index in [2.05, 4.69) is 11.8 Å². The van der Waals surface area contributed by atoms with Crippen LogP contribution in [0.25, 0.3) is 0 Å². The van der Waals surface area contributed by atoms with Crippen molar-refractivity contribution in [2.75, 3.05) is 26.3 Å². The number of likely N-dealkylation sites (tertiary alicyclic amines) is 1. The maximum Gasteiger partial charge on any atom is 0.0900 e. The number of rotatable bonds is 5. The molecule has 0 aromatic heterocycles. The molecule has 0 amide bonds. The smallest absolute Gasteiger partial charge is 0.0900 e. The molecular formula is C11H23NO2. The first-order chi connectivity index (χ1) is 6.74. The van der Waals surface area contributed by atoms with Gasteiger partial charge in [-0.2, -0.15) is 0 Å². The van der Waals surface area contributed by atoms with Crippen LogP contribution in [-0.2, 0) is 4.74 Å². The van der Waals surface area contributed by atoms with Gasteiger partial charge in [0.15, 0.2) is 0 Å². The van der Waals surface area contributed by atoms with E-state index in [1.54, 1.807) is 0 Å². The Kier molecular flexibility index (Phi) is 5.45. The molecule has 1 heterocycles. The lowest BCUT2D eigenvalue weighted by Crippen LogP contribution is -2.43. The number of aliphatic hydroxyl groups excluding tert-OH is 1. The molecule has 1 N–H and O–H groups in total. The third-order valence-electron chi connectivity index (χ3n) is 2.90. The number of β-amino-alcohol motifs (C(OH)–C–C–N with tert-alkyl or cyclic N) is 1. The molecule has 84 valence electrons. The summed E-state index contributed by atoms with van der Waals surface area (Å²) in [6.45, 7) is 7.25. The van der Waals surface area contributed by atoms with Crippen molar-refractivity contribution in [3.8, 4) is 0 Å². The Labute approximate surface area is 87.1 Å². The molecule has 3 heteroatoms. The topological polar surface area (TPSA) is 32.7 Å². The van der Waals surface area contributed by atoms with Crippen LogP contribution in [0.1, 0.15) is 33.1 Å². The average Bonchev–Trinajstić information content (AvgIpc) is 2.18. The summed E-state index contributed by atoms with van der Waals surface area (Å²) in [5.41, 5.74) is 0. The van der Waals surface area contributed by atoms with Crippen molar-refractivity contribution in [2.24, 2.45) is 0 Å². The summed E-state index contributed by atoms with van der Waals surface area (Å²) in [5, 5.41) is 9.68. The van der Waals surface area contributed by atoms with Gasteiger partial charge in [0.25, 0.3) is 0 Å². The van der Waals surface area contributed by atoms with Gasteiger partial charge in [-0.25, -0.2) is 0 Å². The van der Waals surface area contributed by atoms with Crippen molar-refractivity contribution in [3.63, 3.8) is 0 Å². The number of hydrogen-bond donors (Lipinski definition) is 1. The standard InChI is InChI=1S/C11H23NO2/c1-3-14-9-11(13)8-12-7-5-4-6-10(12)2/h10-11,13H,3-9H2,1-2H3. The Balaban J connectivity index is 2.20. The van der Waals surface area contributed by atoms with Crippen LogP contribution in [0.15, 0.2) is 0 Å². The van der Waals surface area contributed by atoms with E-state index in [1.807, 2.05) is 6.92 Å². The monoisotopic (exact) mass is 201 g/mol. The van der Waals surface area contributed by atoms with E-state index in [0.717, 1.165) is 13.1 Å². The van der Waals surface area contributed by atoms with Crippen LogP contribution in [0, 0.1) is 0 Å². The highest BCUT2D eigenvalue weighted by molar-refractivity contribution is 4.75. The van der Waals surface area contributed by atoms with Gasteiger partial charge in [-0.05, 0) is 33.2 Å². The second kappa shape index (κ2) is 6.38. The molecule has 0 aliphatic carbocycles. The maximum atomic E-state index is 9.68. The summed E-state index contributed by atoms with van der Waals surface area (Å²) in [6.07, 6.45) is 3.54. The molecule has 0 spiro atoms. The number of aliphatic hydroxyl groups is 1. The Morgan fingerprint density at radius 2 is 2.29 bits per heavy atom. The van der Waals surface area contributed by atoms with Gasteiger partial charge in [0, 0.05) is 19.2 Å². The predicted molar refractivity (Wildman–Crippen MR) is 57.4 cm³/mol. The predicted octanol–water partition coefficient (Wildman–Crippen LogP) is 1.26. The highest BCUT2D eigenvalue weighted by Crippen LogP contribution is 2.16. The lowest BCUT2D eigenvalue weighted by Gasteiger charge is -2.34. The molecule has 0 bridgehead atoms. The van der Waals surface area contributed by atoms with Gasteiger partial charge in [-0.1, -0.05) is 6.42 Å². The van der Waals surface area contributed by atoms with Gasteiger partial charge in [-0.15, -0.1) is 0 Å². The molecule has 3 nitrogen and oxygen atoms in total. The average molecular weight is 201 g/mol. The summed E-state index contributed by atoms with van der Waals surface area (Å²) in [4.78, 5) is 2.37. The molecule has 1 aliphatic rings. The van der Waals surface area contributed by atoms with Crippen molar-refractivity contribution in [1.82, 2.24) is 4.90 Å². The largest absolute Gasteiger partial charge is 0.389 e. The van der Waals surface area contributed by atoms with Gasteiger partial charge < -0.3 is 9.84 Å². The Hall–Kier alpha value is -0.120. The molecule has 0 aromatic rings. The summed E-state index contributed by atoms with van der Waals surface area (Å²) in [5.74, 6) is 0. The molecule has 1 aliphatic heterocycles. The van der Waals surface area contributed by atoms with Crippen LogP contribution in [0.4, 0.5) is 0 Å². The van der Waals surface area contributed by atoms with E-state index >= 15 is 0 Å². The highest BCUT2D eigenvalue weighted by atomic mass is 16.5. The molecular weight excluding hydrogens is 178 g/mol. The zero-order valence-electron chi connectivity index (χ0n) is 9.41. The quantitative estimate of drug-likeness (QED) is 0.727. The highest BCUT2D eigenvalue weighted by Gasteiger charge is 2.20. The van der Waals surface area contributed by atoms with E-state index in [4.69, 9.17) is 4.74 Å². The number of nitrogens with zero attached hydrogens (tertiary/aromatic N) is 1. The summed E-state index contributed by atoms with van der Waals surface area (Å²) < 4.78 is 5.20. The van der Waals surface area contributed by atoms with E-state index in [0.29, 0.717) is 19.3 Å². The van der Waals surface area contributed by atoms with Crippen molar-refractivity contribution < 1.29 is 9.84 Å². The van der Waals surface area contributed by atoms with Crippen LogP contribution in [0.3, 0.4) is 0 Å². The van der Waals surface area contributed by atoms with Gasteiger partial charge in [0.05, 0.1) is 12.7 Å². The third-order valence-corrected chi connectivity index (χ3v) is 2.90. The van der Waals surface area contributed by atoms with Crippen molar-refractivity contribution >= 4 is 0 Å². The fourth-order valence-corrected chi connectivity index (χ4v) is 2.01. The molecule has 1 saturated heterocycles. The molecule has 2 atom stereocenters. The second-order valence-electron chi connectivity index (χ2n) is 4.15. The van der Waals surface area contributed by atoms with Gasteiger partial charge in [0.1, 0.15) is 0 Å². The minimum atomic E-state index is -0.324. The molecule has 0 radical (unpaired) electrons. The van der Waals surface area contributed by atoms with E-state index < -0.39 is 0 Å². The first kappa shape index (κ1) is 12.0. The first-order valence-corrected chi connectivity index (χ1v) is 5.74. The normalized spacial score (nSPS) is 26.4. The molecule has 2 unspecified atom stereocenters. The maximum absolute atomic E-state index is 9.68. The zero-order valence-corrected chi connectivity index (χ0v) is 9.41. The van der Waals surface area contributed by atoms with E-state index in [9.17, 15) is 5.11 Å². The lowest BCUT2D eigenvalue weighted by molar-refractivity contribution is 0.00789. The summed E-state index contributed by atoms with van der Waals surface area (Å²) in [7, 11) is 0. The van der Waals surface area contributed by atoms with Gasteiger partial charge >= 0.3 is 0 Å². The molecule has 1 rings (SSSR count). The van der Waals surface area contributed by atoms with Gasteiger partial charge in [-0.3, -0.25) is 4.90 Å². The van der Waals surface area contributed by atoms with Crippen molar-refractivity contribution in [2.45, 2.75) is 45.3 Å². The minimum Gasteiger partial charge on any atom is -0.389 e. The fraction of sp³-hybridized carbons (Fsp3) is 1.00. The van der Waals surface area contributed by atoms with Crippen LogP contribution in [0.5, 0.6) is 0 Å². The number of piperidine rings is 1. The van der Waals surface area contributed by atoms with Crippen LogP contribution in [-0.4, -0.2) is 48.5 Å². The SMILES string of the molecule is CCOCC(O)CN1CCCCC1C. The zero-order chi connectivity index (χ0) is 10.4. The minimum absolute atomic E-state index is 0.324. The van der Waals surface area contributed by atoms with Crippen LogP contribution < -0.4 is 0 Å². The van der Waals surface area contributed by atoms with E-state index in [-0.39, 0.29) is 6.10 Å². The van der Waals surface area contributed by atoms with Crippen LogP contribution in [0.2, 0.25) is 0 Å². The molecule has 14 heavy (non-hydrogen) atoms. The van der Waals surface area contributed by atoms with E-state index in [1.165, 1.54) is 19.3 Å². The molecule has 0 saturated carbocycles. The molecule has 1 fully saturated rings. The summed E-state index contributed by atoms with van der Waals surface area (Å²) >= 11 is 0. The second-order valence-corrected chi connectivity index (χ2v) is 4.15. The Bertz CT molecular complexity index is 152. The number of ether oxygens (including phenoxy) is 1. The molecule has 0 aromatic carbocycles. The Morgan fingerprint density at radius 3 is 2.93 bits per heavy atom. The van der Waals surface area contributed by atoms with Crippen LogP contribution >= 0.6 is 0 Å². The Morgan fingerprint density at radius 1 is 1.50 bits per heavy atom. The fourth-order valence-electron chi connectivity index (χ4n) is 2.01. The first-order valence-electron chi connectivity index (χ1n) is 5.74. The number of hydrogen-bond acceptors (Lipinski definition) is 3. The lowest BCUT2D eigenvalue weighted by atomic mass is 10.0. The van der Waals surface area contributed by atoms with Gasteiger partial charge in [0.2, 0.25) is 0 Å². The third kappa shape index (κ3) is 3.95. The summed E-state index contributed by atoms with van der Waals surface area (Å²) in [6, 6.07) is 0.625. The van der Waals surface area contributed by atoms with Crippen molar-refractivity contribution in [1.29, 1.82) is 0 Å². The van der Waals surface area contributed by atoms with Crippen molar-refractivity contribution in [3.05, 3.63) is 0 Å².